The average molecular weight is 366 g/mol. The van der Waals surface area contributed by atoms with Crippen molar-refractivity contribution >= 4 is 41.5 Å². The minimum Gasteiger partial charge on any atom is -0.327 e. The van der Waals surface area contributed by atoms with Crippen LogP contribution in [0.2, 0.25) is 0 Å². The van der Waals surface area contributed by atoms with Crippen molar-refractivity contribution in [2.24, 2.45) is 11.7 Å². The van der Waals surface area contributed by atoms with Gasteiger partial charge in [0.05, 0.1) is 5.69 Å². The summed E-state index contributed by atoms with van der Waals surface area (Å²) in [6.45, 7) is 1.83. The molecule has 0 aromatic heterocycles. The van der Waals surface area contributed by atoms with Gasteiger partial charge in [-0.1, -0.05) is 6.42 Å². The Morgan fingerprint density at radius 2 is 1.92 bits per heavy atom. The Kier molecular flexibility index (Phi) is 6.19. The van der Waals surface area contributed by atoms with Gasteiger partial charge in [-0.05, 0) is 49.4 Å². The SMILES string of the molecule is Cc1cc(NC(=O)C[C@@H]2CCC[C@H]2N)ccc1N1C(=O)CCC1=O.Cl. The molecule has 1 aliphatic carbocycles. The first-order valence-corrected chi connectivity index (χ1v) is 8.47. The second kappa shape index (κ2) is 7.97. The Morgan fingerprint density at radius 3 is 2.48 bits per heavy atom. The lowest BCUT2D eigenvalue weighted by Gasteiger charge is -2.18. The standard InChI is InChI=1S/C18H23N3O3.ClH/c1-11-9-13(20-16(22)10-12-3-2-4-14(12)19)5-6-15(11)21-17(23)7-8-18(21)24;/h5-6,9,12,14H,2-4,7-8,10,19H2,1H3,(H,20,22);1H/t12-,14+;/m0./s1. The largest absolute Gasteiger partial charge is 0.327 e. The highest BCUT2D eigenvalue weighted by molar-refractivity contribution is 6.20. The zero-order chi connectivity index (χ0) is 17.3. The van der Waals surface area contributed by atoms with Crippen LogP contribution in [0.1, 0.15) is 44.1 Å². The van der Waals surface area contributed by atoms with Crippen LogP contribution in [0.4, 0.5) is 11.4 Å². The molecule has 6 nitrogen and oxygen atoms in total. The second-order valence-electron chi connectivity index (χ2n) is 6.73. The summed E-state index contributed by atoms with van der Waals surface area (Å²) in [5.74, 6) is -0.131. The van der Waals surface area contributed by atoms with E-state index in [2.05, 4.69) is 5.32 Å². The first-order chi connectivity index (χ1) is 11.5. The van der Waals surface area contributed by atoms with Crippen LogP contribution in [0.3, 0.4) is 0 Å². The van der Waals surface area contributed by atoms with Crippen LogP contribution < -0.4 is 16.0 Å². The van der Waals surface area contributed by atoms with E-state index in [9.17, 15) is 14.4 Å². The van der Waals surface area contributed by atoms with Gasteiger partial charge < -0.3 is 11.1 Å². The molecule has 1 aromatic carbocycles. The summed E-state index contributed by atoms with van der Waals surface area (Å²) in [4.78, 5) is 37.1. The first kappa shape index (κ1) is 19.4. The smallest absolute Gasteiger partial charge is 0.234 e. The average Bonchev–Trinajstić information content (AvgIpc) is 3.06. The van der Waals surface area contributed by atoms with Crippen molar-refractivity contribution in [1.29, 1.82) is 0 Å². The Bertz CT molecular complexity index is 676. The van der Waals surface area contributed by atoms with E-state index in [0.29, 0.717) is 17.8 Å². The zero-order valence-electron chi connectivity index (χ0n) is 14.3. The quantitative estimate of drug-likeness (QED) is 0.802. The van der Waals surface area contributed by atoms with Gasteiger partial charge in [0.25, 0.3) is 0 Å². The molecular formula is C18H24ClN3O3. The molecule has 2 atom stereocenters. The molecule has 2 aliphatic rings. The highest BCUT2D eigenvalue weighted by Crippen LogP contribution is 2.29. The molecule has 0 bridgehead atoms. The molecule has 25 heavy (non-hydrogen) atoms. The van der Waals surface area contributed by atoms with Crippen molar-refractivity contribution in [3.63, 3.8) is 0 Å². The van der Waals surface area contributed by atoms with Crippen molar-refractivity contribution in [3.8, 4) is 0 Å². The van der Waals surface area contributed by atoms with E-state index in [1.807, 2.05) is 6.92 Å². The van der Waals surface area contributed by atoms with Crippen LogP contribution in [0.5, 0.6) is 0 Å². The summed E-state index contributed by atoms with van der Waals surface area (Å²) >= 11 is 0. The second-order valence-corrected chi connectivity index (χ2v) is 6.73. The summed E-state index contributed by atoms with van der Waals surface area (Å²) in [7, 11) is 0. The number of rotatable bonds is 4. The van der Waals surface area contributed by atoms with Crippen molar-refractivity contribution in [2.45, 2.75) is 51.5 Å². The van der Waals surface area contributed by atoms with E-state index in [4.69, 9.17) is 5.73 Å². The number of hydrogen-bond acceptors (Lipinski definition) is 4. The number of hydrogen-bond donors (Lipinski definition) is 2. The van der Waals surface area contributed by atoms with Gasteiger partial charge in [0.2, 0.25) is 17.7 Å². The van der Waals surface area contributed by atoms with Crippen LogP contribution in [0, 0.1) is 12.8 Å². The Hall–Kier alpha value is -1.92. The van der Waals surface area contributed by atoms with Gasteiger partial charge in [0.15, 0.2) is 0 Å². The van der Waals surface area contributed by atoms with Gasteiger partial charge in [-0.3, -0.25) is 19.3 Å². The highest BCUT2D eigenvalue weighted by atomic mass is 35.5. The Morgan fingerprint density at radius 1 is 1.24 bits per heavy atom. The third-order valence-electron chi connectivity index (χ3n) is 4.94. The van der Waals surface area contributed by atoms with Gasteiger partial charge in [-0.15, -0.1) is 12.4 Å². The minimum atomic E-state index is -0.171. The van der Waals surface area contributed by atoms with Crippen molar-refractivity contribution in [1.82, 2.24) is 0 Å². The predicted octanol–water partition coefficient (Wildman–Crippen LogP) is 2.53. The summed E-state index contributed by atoms with van der Waals surface area (Å²) in [6, 6.07) is 5.36. The number of nitrogens with two attached hydrogens (primary N) is 1. The number of halogens is 1. The molecule has 2 fully saturated rings. The molecule has 0 unspecified atom stereocenters. The number of carbonyl (C=O) groups is 3. The number of nitrogens with zero attached hydrogens (tertiary/aromatic N) is 1. The lowest BCUT2D eigenvalue weighted by molar-refractivity contribution is -0.121. The van der Waals surface area contributed by atoms with Crippen LogP contribution >= 0.6 is 12.4 Å². The molecule has 1 heterocycles. The summed E-state index contributed by atoms with van der Waals surface area (Å²) < 4.78 is 0. The molecule has 0 radical (unpaired) electrons. The lowest BCUT2D eigenvalue weighted by atomic mass is 10.00. The first-order valence-electron chi connectivity index (χ1n) is 8.47. The van der Waals surface area contributed by atoms with Crippen molar-refractivity contribution in [2.75, 3.05) is 10.2 Å². The summed E-state index contributed by atoms with van der Waals surface area (Å²) in [6.07, 6.45) is 4.04. The monoisotopic (exact) mass is 365 g/mol. The molecular weight excluding hydrogens is 342 g/mol. The Labute approximate surface area is 153 Å². The zero-order valence-corrected chi connectivity index (χ0v) is 15.1. The maximum Gasteiger partial charge on any atom is 0.234 e. The molecule has 7 heteroatoms. The van der Waals surface area contributed by atoms with Crippen LogP contribution in [-0.4, -0.2) is 23.8 Å². The number of anilines is 2. The minimum absolute atomic E-state index is 0. The molecule has 3 amide bonds. The van der Waals surface area contributed by atoms with E-state index in [0.717, 1.165) is 24.8 Å². The Balaban J connectivity index is 0.00000225. The molecule has 1 aliphatic heterocycles. The fraction of sp³-hybridized carbons (Fsp3) is 0.500. The highest BCUT2D eigenvalue weighted by Gasteiger charge is 2.31. The maximum atomic E-state index is 12.2. The normalized spacial score (nSPS) is 22.9. The van der Waals surface area contributed by atoms with Gasteiger partial charge in [0.1, 0.15) is 0 Å². The predicted molar refractivity (Wildman–Crippen MR) is 98.7 cm³/mol. The molecule has 136 valence electrons. The van der Waals surface area contributed by atoms with Crippen LogP contribution in [0.15, 0.2) is 18.2 Å². The van der Waals surface area contributed by atoms with Crippen molar-refractivity contribution in [3.05, 3.63) is 23.8 Å². The number of imide groups is 1. The molecule has 1 saturated heterocycles. The number of aryl methyl sites for hydroxylation is 1. The van der Waals surface area contributed by atoms with Gasteiger partial charge in [-0.25, -0.2) is 0 Å². The molecule has 0 spiro atoms. The molecule has 3 N–H and O–H groups in total. The number of nitrogens with one attached hydrogen (secondary N) is 1. The van der Waals surface area contributed by atoms with E-state index < -0.39 is 0 Å². The van der Waals surface area contributed by atoms with Gasteiger partial charge >= 0.3 is 0 Å². The number of amides is 3. The topological polar surface area (TPSA) is 92.5 Å². The number of carbonyl (C=O) groups excluding carboxylic acids is 3. The fourth-order valence-corrected chi connectivity index (χ4v) is 3.60. The third kappa shape index (κ3) is 4.19. The molecule has 1 saturated carbocycles. The fourth-order valence-electron chi connectivity index (χ4n) is 3.60. The van der Waals surface area contributed by atoms with Crippen molar-refractivity contribution < 1.29 is 14.4 Å². The van der Waals surface area contributed by atoms with Gasteiger partial charge in [-0.2, -0.15) is 0 Å². The van der Waals surface area contributed by atoms with Gasteiger partial charge in [0, 0.05) is 31.0 Å². The third-order valence-corrected chi connectivity index (χ3v) is 4.94. The van der Waals surface area contributed by atoms with E-state index in [1.54, 1.807) is 18.2 Å². The molecule has 3 rings (SSSR count). The maximum absolute atomic E-state index is 12.2. The van der Waals surface area contributed by atoms with E-state index >= 15 is 0 Å². The van der Waals surface area contributed by atoms with E-state index in [1.165, 1.54) is 4.90 Å². The van der Waals surface area contributed by atoms with E-state index in [-0.39, 0.29) is 54.9 Å². The summed E-state index contributed by atoms with van der Waals surface area (Å²) in [5.41, 5.74) is 8.07. The van der Waals surface area contributed by atoms with Crippen LogP contribution in [0.25, 0.3) is 0 Å². The summed E-state index contributed by atoms with van der Waals surface area (Å²) in [5, 5.41) is 2.89. The molecule has 1 aromatic rings. The number of benzene rings is 1. The lowest BCUT2D eigenvalue weighted by Crippen LogP contribution is -2.29. The van der Waals surface area contributed by atoms with Crippen LogP contribution in [-0.2, 0) is 14.4 Å².